The smallest absolute Gasteiger partial charge is 0.351 e. The van der Waals surface area contributed by atoms with Crippen molar-refractivity contribution in [2.75, 3.05) is 31.7 Å². The second kappa shape index (κ2) is 10.4. The lowest BCUT2D eigenvalue weighted by molar-refractivity contribution is -0.249. The zero-order valence-electron chi connectivity index (χ0n) is 18.1. The lowest BCUT2D eigenvalue weighted by atomic mass is 10.1. The van der Waals surface area contributed by atoms with E-state index in [0.717, 1.165) is 0 Å². The Bertz CT molecular complexity index is 1200. The molecule has 1 aliphatic heterocycles. The van der Waals surface area contributed by atoms with Crippen LogP contribution in [0.5, 0.6) is 0 Å². The molecule has 2 atom stereocenters. The molecule has 2 heterocycles. The molecule has 34 heavy (non-hydrogen) atoms. The third-order valence-electron chi connectivity index (χ3n) is 5.19. The molecule has 10 heteroatoms. The fourth-order valence-corrected chi connectivity index (χ4v) is 3.38. The highest BCUT2D eigenvalue weighted by molar-refractivity contribution is 6.03. The van der Waals surface area contributed by atoms with E-state index in [4.69, 9.17) is 14.2 Å². The maximum absolute atomic E-state index is 12.6. The van der Waals surface area contributed by atoms with Crippen LogP contribution in [0.3, 0.4) is 0 Å². The maximum Gasteiger partial charge on any atom is 0.351 e. The molecule has 2 aromatic carbocycles. The molecule has 176 valence electrons. The van der Waals surface area contributed by atoms with Crippen LogP contribution in [-0.4, -0.2) is 58.6 Å². The summed E-state index contributed by atoms with van der Waals surface area (Å²) in [4.78, 5) is 41.1. The fraction of sp³-hybridized carbons (Fsp3) is 0.250. The van der Waals surface area contributed by atoms with Gasteiger partial charge >= 0.3 is 11.7 Å². The highest BCUT2D eigenvalue weighted by atomic mass is 16.6. The topological polar surface area (TPSA) is 129 Å². The van der Waals surface area contributed by atoms with E-state index in [1.165, 1.54) is 16.8 Å². The largest absolute Gasteiger partial charge is 0.459 e. The minimum absolute atomic E-state index is 0.0195. The number of carbonyl (C=O) groups excluding carboxylic acids is 2. The van der Waals surface area contributed by atoms with Gasteiger partial charge in [0.05, 0.1) is 25.4 Å². The summed E-state index contributed by atoms with van der Waals surface area (Å²) in [5.74, 6) is -0.893. The summed E-state index contributed by atoms with van der Waals surface area (Å²) in [6.45, 7) is -0.790. The molecule has 0 radical (unpaired) electrons. The molecular formula is C24H23N3O7. The van der Waals surface area contributed by atoms with Crippen LogP contribution >= 0.6 is 0 Å². The van der Waals surface area contributed by atoms with Crippen molar-refractivity contribution in [3.05, 3.63) is 94.5 Å². The summed E-state index contributed by atoms with van der Waals surface area (Å²) < 4.78 is 18.0. The van der Waals surface area contributed by atoms with Gasteiger partial charge in [-0.2, -0.15) is 4.98 Å². The molecule has 0 saturated carbocycles. The predicted molar refractivity (Wildman–Crippen MR) is 120 cm³/mol. The van der Waals surface area contributed by atoms with E-state index in [1.54, 1.807) is 60.7 Å². The first-order chi connectivity index (χ1) is 16.5. The van der Waals surface area contributed by atoms with Gasteiger partial charge in [-0.15, -0.1) is 0 Å². The van der Waals surface area contributed by atoms with Gasteiger partial charge in [-0.25, -0.2) is 9.59 Å². The van der Waals surface area contributed by atoms with Crippen LogP contribution in [0.25, 0.3) is 0 Å². The fourth-order valence-electron chi connectivity index (χ4n) is 3.38. The standard InChI is InChI=1S/C24H23N3O7/c28-14-24(16-33-22(30)18-9-5-2-6-10-18)15-32-13-20(34-24)27-12-11-19(26-23(27)31)25-21(29)17-7-3-1-4-8-17/h1-12,20,28H,13-16H2,(H,25,26,29,31)/t20-,24+/m1/s1. The first-order valence-corrected chi connectivity index (χ1v) is 10.5. The third kappa shape index (κ3) is 5.37. The molecule has 0 unspecified atom stereocenters. The Morgan fingerprint density at radius 3 is 2.41 bits per heavy atom. The van der Waals surface area contributed by atoms with Gasteiger partial charge in [0.2, 0.25) is 0 Å². The second-order valence-corrected chi connectivity index (χ2v) is 7.69. The van der Waals surface area contributed by atoms with E-state index >= 15 is 0 Å². The van der Waals surface area contributed by atoms with E-state index in [-0.39, 0.29) is 25.6 Å². The number of aliphatic hydroxyl groups is 1. The predicted octanol–water partition coefficient (Wildman–Crippen LogP) is 1.63. The number of aliphatic hydroxyl groups excluding tert-OH is 1. The number of anilines is 1. The molecule has 2 N–H and O–H groups in total. The number of hydrogen-bond donors (Lipinski definition) is 2. The van der Waals surface area contributed by atoms with E-state index in [2.05, 4.69) is 10.3 Å². The van der Waals surface area contributed by atoms with Crippen molar-refractivity contribution in [2.45, 2.75) is 11.8 Å². The van der Waals surface area contributed by atoms with Gasteiger partial charge in [0, 0.05) is 11.8 Å². The van der Waals surface area contributed by atoms with Crippen molar-refractivity contribution in [3.63, 3.8) is 0 Å². The first-order valence-electron chi connectivity index (χ1n) is 10.5. The normalized spacial score (nSPS) is 19.9. The number of esters is 1. The molecule has 1 aliphatic rings. The Morgan fingerprint density at radius 2 is 1.76 bits per heavy atom. The zero-order valence-corrected chi connectivity index (χ0v) is 18.1. The number of nitrogens with zero attached hydrogens (tertiary/aromatic N) is 2. The lowest BCUT2D eigenvalue weighted by Gasteiger charge is -2.39. The number of ether oxygens (including phenoxy) is 3. The molecule has 0 spiro atoms. The first kappa shape index (κ1) is 23.3. The van der Waals surface area contributed by atoms with Crippen molar-refractivity contribution in [1.29, 1.82) is 0 Å². The Hall–Kier alpha value is -3.86. The molecular weight excluding hydrogens is 442 g/mol. The van der Waals surface area contributed by atoms with Gasteiger partial charge in [0.25, 0.3) is 5.91 Å². The van der Waals surface area contributed by atoms with E-state index in [9.17, 15) is 19.5 Å². The number of nitrogens with one attached hydrogen (secondary N) is 1. The van der Waals surface area contributed by atoms with Gasteiger partial charge in [0.15, 0.2) is 11.8 Å². The van der Waals surface area contributed by atoms with Crippen LogP contribution < -0.4 is 11.0 Å². The van der Waals surface area contributed by atoms with Gasteiger partial charge in [0.1, 0.15) is 12.4 Å². The molecule has 4 rings (SSSR count). The van der Waals surface area contributed by atoms with Gasteiger partial charge < -0.3 is 24.6 Å². The van der Waals surface area contributed by atoms with Crippen LogP contribution in [0.2, 0.25) is 0 Å². The second-order valence-electron chi connectivity index (χ2n) is 7.69. The molecule has 0 bridgehead atoms. The number of hydrogen-bond acceptors (Lipinski definition) is 8. The van der Waals surface area contributed by atoms with Crippen LogP contribution in [0, 0.1) is 0 Å². The summed E-state index contributed by atoms with van der Waals surface area (Å²) in [5.41, 5.74) is -1.25. The van der Waals surface area contributed by atoms with Crippen molar-refractivity contribution >= 4 is 17.7 Å². The molecule has 3 aromatic rings. The Morgan fingerprint density at radius 1 is 1.09 bits per heavy atom. The number of aromatic nitrogens is 2. The van der Waals surface area contributed by atoms with E-state index < -0.39 is 36.0 Å². The average molecular weight is 465 g/mol. The van der Waals surface area contributed by atoms with Crippen molar-refractivity contribution in [3.8, 4) is 0 Å². The summed E-state index contributed by atoms with van der Waals surface area (Å²) in [6, 6.07) is 18.4. The minimum atomic E-state index is -1.35. The Kier molecular flexibility index (Phi) is 7.12. The Balaban J connectivity index is 1.43. The van der Waals surface area contributed by atoms with Crippen LogP contribution in [0.4, 0.5) is 5.82 Å². The molecule has 1 aromatic heterocycles. The van der Waals surface area contributed by atoms with Crippen molar-refractivity contribution in [2.24, 2.45) is 0 Å². The van der Waals surface area contributed by atoms with Gasteiger partial charge in [-0.1, -0.05) is 36.4 Å². The van der Waals surface area contributed by atoms with Gasteiger partial charge in [-0.05, 0) is 30.3 Å². The number of carbonyl (C=O) groups is 2. The molecule has 1 saturated heterocycles. The molecule has 0 aliphatic carbocycles. The minimum Gasteiger partial charge on any atom is -0.459 e. The third-order valence-corrected chi connectivity index (χ3v) is 5.19. The van der Waals surface area contributed by atoms with Crippen LogP contribution in [-0.2, 0) is 14.2 Å². The number of rotatable bonds is 7. The molecule has 10 nitrogen and oxygen atoms in total. The average Bonchev–Trinajstić information content (AvgIpc) is 2.88. The molecule has 1 fully saturated rings. The number of amides is 1. The van der Waals surface area contributed by atoms with Crippen molar-refractivity contribution in [1.82, 2.24) is 9.55 Å². The summed E-state index contributed by atoms with van der Waals surface area (Å²) in [7, 11) is 0. The van der Waals surface area contributed by atoms with E-state index in [0.29, 0.717) is 11.1 Å². The highest BCUT2D eigenvalue weighted by Gasteiger charge is 2.40. The lowest BCUT2D eigenvalue weighted by Crippen LogP contribution is -2.53. The summed E-state index contributed by atoms with van der Waals surface area (Å²) in [6.07, 6.45) is 0.489. The van der Waals surface area contributed by atoms with Crippen LogP contribution in [0.1, 0.15) is 26.9 Å². The SMILES string of the molecule is O=C(Nc1ccn([C@H]2COC[C@@](CO)(COC(=O)c3ccccc3)O2)c(=O)n1)c1ccccc1. The monoisotopic (exact) mass is 465 g/mol. The Labute approximate surface area is 194 Å². The number of benzene rings is 2. The van der Waals surface area contributed by atoms with Crippen molar-refractivity contribution < 1.29 is 28.9 Å². The maximum atomic E-state index is 12.6. The highest BCUT2D eigenvalue weighted by Crippen LogP contribution is 2.26. The van der Waals surface area contributed by atoms with Gasteiger partial charge in [-0.3, -0.25) is 9.36 Å². The quantitative estimate of drug-likeness (QED) is 0.504. The summed E-state index contributed by atoms with van der Waals surface area (Å²) >= 11 is 0. The molecule has 1 amide bonds. The summed E-state index contributed by atoms with van der Waals surface area (Å²) in [5, 5.41) is 12.5. The van der Waals surface area contributed by atoms with E-state index in [1.807, 2.05) is 0 Å². The zero-order chi connectivity index (χ0) is 24.0. The van der Waals surface area contributed by atoms with Crippen LogP contribution in [0.15, 0.2) is 77.7 Å².